The molecule has 7 heteroatoms. The van der Waals surface area contributed by atoms with E-state index in [-0.39, 0.29) is 19.9 Å². The lowest BCUT2D eigenvalue weighted by Gasteiger charge is -2.28. The van der Waals surface area contributed by atoms with E-state index in [2.05, 4.69) is 6.58 Å². The number of hydrogen-bond donors (Lipinski definition) is 1. The number of unbranched alkanes of at least 4 members (excludes halogenated alkanes) is 1. The number of halogens is 4. The maximum Gasteiger partial charge on any atom is 0.422 e. The Morgan fingerprint density at radius 2 is 1.66 bits per heavy atom. The van der Waals surface area contributed by atoms with Crippen molar-refractivity contribution in [3.63, 3.8) is 0 Å². The van der Waals surface area contributed by atoms with Gasteiger partial charge in [0.05, 0.1) is 13.3 Å². The molecule has 0 aromatic heterocycles. The number of rotatable bonds is 12. The van der Waals surface area contributed by atoms with Gasteiger partial charge >= 0.3 is 12.1 Å². The number of alkyl halides is 4. The topological polar surface area (TPSA) is 46.5 Å². The fourth-order valence-electron chi connectivity index (χ4n) is 4.30. The van der Waals surface area contributed by atoms with E-state index in [1.54, 1.807) is 0 Å². The van der Waals surface area contributed by atoms with Crippen LogP contribution in [0.1, 0.15) is 68.4 Å². The average molecular weight is 459 g/mol. The molecule has 1 unspecified atom stereocenters. The summed E-state index contributed by atoms with van der Waals surface area (Å²) in [5.41, 5.74) is 0.312. The summed E-state index contributed by atoms with van der Waals surface area (Å²) in [5.74, 6) is -0.667. The minimum atomic E-state index is -4.83. The third-order valence-electron chi connectivity index (χ3n) is 6.48. The Morgan fingerprint density at radius 1 is 1.06 bits per heavy atom. The molecule has 1 aromatic rings. The number of aryl methyl sites for hydroxylation is 1. The van der Waals surface area contributed by atoms with Crippen LogP contribution in [0.3, 0.4) is 0 Å². The van der Waals surface area contributed by atoms with E-state index in [0.29, 0.717) is 17.9 Å². The van der Waals surface area contributed by atoms with E-state index in [4.69, 9.17) is 4.74 Å². The lowest BCUT2D eigenvalue weighted by molar-refractivity contribution is -0.151. The van der Waals surface area contributed by atoms with Gasteiger partial charge in [-0.2, -0.15) is 13.2 Å². The Hall–Kier alpha value is -1.89. The molecule has 1 saturated carbocycles. The van der Waals surface area contributed by atoms with Gasteiger partial charge in [-0.1, -0.05) is 69.4 Å². The van der Waals surface area contributed by atoms with Gasteiger partial charge in [0.25, 0.3) is 0 Å². The molecule has 180 valence electrons. The second-order valence-corrected chi connectivity index (χ2v) is 8.81. The number of carbonyl (C=O) groups is 1. The van der Waals surface area contributed by atoms with Crippen LogP contribution in [0.5, 0.6) is 0 Å². The lowest BCUT2D eigenvalue weighted by atomic mass is 9.78. The van der Waals surface area contributed by atoms with Gasteiger partial charge in [-0.05, 0) is 42.2 Å². The van der Waals surface area contributed by atoms with Gasteiger partial charge in [0.2, 0.25) is 0 Å². The molecular formula is C25H34F4O3. The molecule has 1 aromatic carbocycles. The molecule has 0 saturated heterocycles. The van der Waals surface area contributed by atoms with E-state index in [1.807, 2.05) is 24.3 Å². The average Bonchev–Trinajstić information content (AvgIpc) is 2.78. The van der Waals surface area contributed by atoms with Crippen molar-refractivity contribution in [2.45, 2.75) is 69.9 Å². The number of esters is 1. The third-order valence-corrected chi connectivity index (χ3v) is 6.48. The number of benzene rings is 1. The van der Waals surface area contributed by atoms with E-state index < -0.39 is 23.6 Å². The molecule has 1 atom stereocenters. The lowest BCUT2D eigenvalue weighted by Crippen LogP contribution is -2.23. The van der Waals surface area contributed by atoms with Crippen molar-refractivity contribution < 1.29 is 32.2 Å². The van der Waals surface area contributed by atoms with Gasteiger partial charge in [-0.25, -0.2) is 4.79 Å². The molecule has 0 spiro atoms. The zero-order valence-electron chi connectivity index (χ0n) is 18.5. The molecule has 1 aliphatic carbocycles. The largest absolute Gasteiger partial charge is 0.461 e. The van der Waals surface area contributed by atoms with Gasteiger partial charge < -0.3 is 9.84 Å². The minimum Gasteiger partial charge on any atom is -0.461 e. The smallest absolute Gasteiger partial charge is 0.422 e. The van der Waals surface area contributed by atoms with Crippen molar-refractivity contribution in [3.05, 3.63) is 47.5 Å². The third kappa shape index (κ3) is 8.57. The minimum absolute atomic E-state index is 0.216. The molecule has 3 nitrogen and oxygen atoms in total. The van der Waals surface area contributed by atoms with Crippen LogP contribution in [0.4, 0.5) is 17.6 Å². The van der Waals surface area contributed by atoms with E-state index in [0.717, 1.165) is 37.2 Å². The highest BCUT2D eigenvalue weighted by Gasteiger charge is 2.38. The monoisotopic (exact) mass is 458 g/mol. The fraction of sp³-hybridized carbons (Fsp3) is 0.640. The maximum atomic E-state index is 12.5. The van der Waals surface area contributed by atoms with Crippen molar-refractivity contribution in [1.82, 2.24) is 0 Å². The molecule has 0 bridgehead atoms. The molecule has 2 rings (SSSR count). The van der Waals surface area contributed by atoms with Crippen LogP contribution in [-0.2, 0) is 16.0 Å². The van der Waals surface area contributed by atoms with Gasteiger partial charge in [0.15, 0.2) is 0 Å². The van der Waals surface area contributed by atoms with Crippen molar-refractivity contribution >= 4 is 5.97 Å². The SMILES string of the molecule is C=C(C(=O)OCC(CO)c1ccc(CCC2CCC(CCCCF)CC2)cc1)C(F)(F)F. The zero-order chi connectivity index (χ0) is 23.6. The molecule has 0 amide bonds. The summed E-state index contributed by atoms with van der Waals surface area (Å²) in [6.07, 6.45) is 4.94. The quantitative estimate of drug-likeness (QED) is 0.173. The summed E-state index contributed by atoms with van der Waals surface area (Å²) in [6.45, 7) is 1.81. The first-order chi connectivity index (χ1) is 15.2. The molecular weight excluding hydrogens is 424 g/mol. The van der Waals surface area contributed by atoms with Crippen LogP contribution in [0, 0.1) is 11.8 Å². The number of hydrogen-bond acceptors (Lipinski definition) is 3. The van der Waals surface area contributed by atoms with Crippen LogP contribution >= 0.6 is 0 Å². The second-order valence-electron chi connectivity index (χ2n) is 8.81. The van der Waals surface area contributed by atoms with E-state index in [9.17, 15) is 27.5 Å². The number of aliphatic hydroxyl groups excluding tert-OH is 1. The first-order valence-corrected chi connectivity index (χ1v) is 11.4. The highest BCUT2D eigenvalue weighted by molar-refractivity contribution is 5.89. The molecule has 0 heterocycles. The highest BCUT2D eigenvalue weighted by atomic mass is 19.4. The predicted molar refractivity (Wildman–Crippen MR) is 116 cm³/mol. The van der Waals surface area contributed by atoms with Gasteiger partial charge in [-0.15, -0.1) is 0 Å². The van der Waals surface area contributed by atoms with E-state index >= 15 is 0 Å². The first kappa shape index (κ1) is 26.4. The summed E-state index contributed by atoms with van der Waals surface area (Å²) in [6, 6.07) is 7.56. The van der Waals surface area contributed by atoms with Crippen molar-refractivity contribution in [2.24, 2.45) is 11.8 Å². The summed E-state index contributed by atoms with van der Waals surface area (Å²) >= 11 is 0. The van der Waals surface area contributed by atoms with Crippen molar-refractivity contribution in [2.75, 3.05) is 19.9 Å². The van der Waals surface area contributed by atoms with Crippen molar-refractivity contribution in [3.8, 4) is 0 Å². The van der Waals surface area contributed by atoms with Crippen LogP contribution in [0.15, 0.2) is 36.4 Å². The summed E-state index contributed by atoms with van der Waals surface area (Å²) in [7, 11) is 0. The number of carbonyl (C=O) groups excluding carboxylic acids is 1. The Bertz CT molecular complexity index is 707. The zero-order valence-corrected chi connectivity index (χ0v) is 18.5. The Labute approximate surface area is 187 Å². The molecule has 0 radical (unpaired) electrons. The fourth-order valence-corrected chi connectivity index (χ4v) is 4.30. The highest BCUT2D eigenvalue weighted by Crippen LogP contribution is 2.34. The first-order valence-electron chi connectivity index (χ1n) is 11.4. The summed E-state index contributed by atoms with van der Waals surface area (Å²) in [4.78, 5) is 11.5. The van der Waals surface area contributed by atoms with Crippen LogP contribution in [-0.4, -0.2) is 37.1 Å². The number of aliphatic hydroxyl groups is 1. The van der Waals surface area contributed by atoms with E-state index in [1.165, 1.54) is 25.7 Å². The Balaban J connectivity index is 1.76. The Morgan fingerprint density at radius 3 is 2.19 bits per heavy atom. The molecule has 1 aliphatic rings. The van der Waals surface area contributed by atoms with Gasteiger partial charge in [0.1, 0.15) is 12.2 Å². The van der Waals surface area contributed by atoms with Crippen LogP contribution in [0.25, 0.3) is 0 Å². The predicted octanol–water partition coefficient (Wildman–Crippen LogP) is 6.30. The number of ether oxygens (including phenoxy) is 1. The Kier molecular flexibility index (Phi) is 10.7. The second kappa shape index (κ2) is 13.0. The summed E-state index contributed by atoms with van der Waals surface area (Å²) in [5, 5.41) is 9.57. The molecule has 32 heavy (non-hydrogen) atoms. The normalized spacial score (nSPS) is 20.0. The van der Waals surface area contributed by atoms with Gasteiger partial charge in [-0.3, -0.25) is 4.39 Å². The maximum absolute atomic E-state index is 12.5. The van der Waals surface area contributed by atoms with Crippen molar-refractivity contribution in [1.29, 1.82) is 0 Å². The summed E-state index contributed by atoms with van der Waals surface area (Å²) < 4.78 is 54.4. The molecule has 1 N–H and O–H groups in total. The van der Waals surface area contributed by atoms with Crippen LogP contribution < -0.4 is 0 Å². The van der Waals surface area contributed by atoms with Gasteiger partial charge in [0, 0.05) is 5.92 Å². The van der Waals surface area contributed by atoms with Crippen LogP contribution in [0.2, 0.25) is 0 Å². The molecule has 1 fully saturated rings. The standard InChI is InChI=1S/C25H34F4O3/c1-18(25(27,28)29)24(31)32-17-23(16-30)22-13-11-21(12-14-22)10-9-20-7-5-19(6-8-20)4-2-3-15-26/h11-14,19-20,23,30H,1-10,15-17H2. The molecule has 0 aliphatic heterocycles.